The summed E-state index contributed by atoms with van der Waals surface area (Å²) in [5.41, 5.74) is 1.26. The zero-order valence-corrected chi connectivity index (χ0v) is 13.2. The van der Waals surface area contributed by atoms with Crippen molar-refractivity contribution in [1.82, 2.24) is 10.2 Å². The Balaban J connectivity index is 2.92. The van der Waals surface area contributed by atoms with Gasteiger partial charge in [-0.2, -0.15) is 5.26 Å². The molecule has 0 aliphatic rings. The standard InChI is InChI=1S/C15H22N4S/c1-4-19(5-2)14(13-9-7-6-8-10-13)11-17-15(20-3)18-12-16/h6-10,14H,4-5,11H2,1-3H3,(H,17,18). The summed E-state index contributed by atoms with van der Waals surface area (Å²) in [7, 11) is 0. The number of nitrogens with zero attached hydrogens (tertiary/aromatic N) is 3. The summed E-state index contributed by atoms with van der Waals surface area (Å²) in [6.07, 6.45) is 3.84. The van der Waals surface area contributed by atoms with Crippen molar-refractivity contribution >= 4 is 16.9 Å². The fraction of sp³-hybridized carbons (Fsp3) is 0.467. The molecule has 1 unspecified atom stereocenters. The Hall–Kier alpha value is -1.51. The van der Waals surface area contributed by atoms with E-state index in [9.17, 15) is 0 Å². The molecule has 0 fully saturated rings. The predicted molar refractivity (Wildman–Crippen MR) is 86.7 cm³/mol. The van der Waals surface area contributed by atoms with Crippen molar-refractivity contribution in [3.63, 3.8) is 0 Å². The van der Waals surface area contributed by atoms with Crippen molar-refractivity contribution in [2.75, 3.05) is 25.9 Å². The van der Waals surface area contributed by atoms with Crippen molar-refractivity contribution < 1.29 is 0 Å². The summed E-state index contributed by atoms with van der Waals surface area (Å²) in [5.74, 6) is 0. The van der Waals surface area contributed by atoms with Gasteiger partial charge in [0.1, 0.15) is 0 Å². The molecule has 0 saturated heterocycles. The van der Waals surface area contributed by atoms with Crippen LogP contribution in [0.1, 0.15) is 25.5 Å². The zero-order valence-electron chi connectivity index (χ0n) is 12.3. The number of likely N-dealkylation sites (N-methyl/N-ethyl adjacent to an activating group) is 1. The highest BCUT2D eigenvalue weighted by Crippen LogP contribution is 2.21. The summed E-state index contributed by atoms with van der Waals surface area (Å²) >= 11 is 1.46. The number of amidine groups is 1. The van der Waals surface area contributed by atoms with Gasteiger partial charge < -0.3 is 0 Å². The van der Waals surface area contributed by atoms with E-state index in [1.165, 1.54) is 17.3 Å². The molecule has 1 rings (SSSR count). The summed E-state index contributed by atoms with van der Waals surface area (Å²) in [5, 5.41) is 12.0. The largest absolute Gasteiger partial charge is 0.295 e. The minimum absolute atomic E-state index is 0.244. The molecule has 5 heteroatoms. The third-order valence-electron chi connectivity index (χ3n) is 3.20. The van der Waals surface area contributed by atoms with Crippen LogP contribution in [0, 0.1) is 11.5 Å². The van der Waals surface area contributed by atoms with E-state index in [1.807, 2.05) is 18.5 Å². The Morgan fingerprint density at radius 3 is 2.50 bits per heavy atom. The van der Waals surface area contributed by atoms with Gasteiger partial charge in [0.2, 0.25) is 0 Å². The van der Waals surface area contributed by atoms with Crippen LogP contribution in [-0.4, -0.2) is 36.0 Å². The summed E-state index contributed by atoms with van der Waals surface area (Å²) < 4.78 is 0. The molecule has 0 bridgehead atoms. The topological polar surface area (TPSA) is 51.4 Å². The maximum atomic E-state index is 8.69. The van der Waals surface area contributed by atoms with Crippen LogP contribution < -0.4 is 5.32 Å². The van der Waals surface area contributed by atoms with Gasteiger partial charge in [0.05, 0.1) is 12.6 Å². The third kappa shape index (κ3) is 4.87. The Labute approximate surface area is 125 Å². The van der Waals surface area contributed by atoms with Gasteiger partial charge >= 0.3 is 0 Å². The van der Waals surface area contributed by atoms with Crippen molar-refractivity contribution in [2.45, 2.75) is 19.9 Å². The SMILES string of the molecule is CCN(CC)C(CN=C(NC#N)SC)c1ccccc1. The van der Waals surface area contributed by atoms with Gasteiger partial charge in [-0.05, 0) is 24.9 Å². The van der Waals surface area contributed by atoms with E-state index in [2.05, 4.69) is 53.3 Å². The van der Waals surface area contributed by atoms with Gasteiger partial charge in [-0.3, -0.25) is 15.2 Å². The van der Waals surface area contributed by atoms with E-state index in [0.29, 0.717) is 11.7 Å². The maximum Gasteiger partial charge on any atom is 0.183 e. The first kappa shape index (κ1) is 16.5. The molecule has 0 heterocycles. The molecule has 0 amide bonds. The molecule has 1 aromatic carbocycles. The van der Waals surface area contributed by atoms with Crippen LogP contribution in [0.15, 0.2) is 35.3 Å². The third-order valence-corrected chi connectivity index (χ3v) is 3.82. The van der Waals surface area contributed by atoms with Crippen molar-refractivity contribution in [1.29, 1.82) is 5.26 Å². The fourth-order valence-electron chi connectivity index (χ4n) is 2.14. The second-order valence-corrected chi connectivity index (χ2v) is 5.03. The van der Waals surface area contributed by atoms with E-state index < -0.39 is 0 Å². The monoisotopic (exact) mass is 290 g/mol. The van der Waals surface area contributed by atoms with Gasteiger partial charge in [0.25, 0.3) is 0 Å². The Morgan fingerprint density at radius 1 is 1.35 bits per heavy atom. The average molecular weight is 290 g/mol. The smallest absolute Gasteiger partial charge is 0.183 e. The molecule has 0 aromatic heterocycles. The van der Waals surface area contributed by atoms with Crippen LogP contribution in [-0.2, 0) is 0 Å². The van der Waals surface area contributed by atoms with Crippen LogP contribution in [0.2, 0.25) is 0 Å². The number of aliphatic imine (C=N–C) groups is 1. The molecule has 4 nitrogen and oxygen atoms in total. The van der Waals surface area contributed by atoms with Gasteiger partial charge in [-0.1, -0.05) is 55.9 Å². The van der Waals surface area contributed by atoms with E-state index in [-0.39, 0.29) is 6.04 Å². The van der Waals surface area contributed by atoms with E-state index in [4.69, 9.17) is 5.26 Å². The van der Waals surface area contributed by atoms with Gasteiger partial charge in [0.15, 0.2) is 11.4 Å². The lowest BCUT2D eigenvalue weighted by molar-refractivity contribution is 0.224. The number of thioether (sulfide) groups is 1. The zero-order chi connectivity index (χ0) is 14.8. The molecule has 0 aliphatic carbocycles. The summed E-state index contributed by atoms with van der Waals surface area (Å²) in [4.78, 5) is 6.91. The second-order valence-electron chi connectivity index (χ2n) is 4.23. The average Bonchev–Trinajstić information content (AvgIpc) is 2.51. The minimum Gasteiger partial charge on any atom is -0.295 e. The highest BCUT2D eigenvalue weighted by atomic mass is 32.2. The lowest BCUT2D eigenvalue weighted by Gasteiger charge is -2.29. The Bertz CT molecular complexity index is 449. The van der Waals surface area contributed by atoms with Crippen LogP contribution in [0.4, 0.5) is 0 Å². The number of benzene rings is 1. The van der Waals surface area contributed by atoms with E-state index >= 15 is 0 Å². The number of nitrogens with one attached hydrogen (secondary N) is 1. The van der Waals surface area contributed by atoms with Crippen LogP contribution in [0.25, 0.3) is 0 Å². The van der Waals surface area contributed by atoms with Crippen molar-refractivity contribution in [2.24, 2.45) is 4.99 Å². The Kier molecular flexibility index (Phi) is 7.78. The first-order valence-corrected chi connectivity index (χ1v) is 8.01. The molecule has 1 N–H and O–H groups in total. The number of hydrogen-bond donors (Lipinski definition) is 1. The molecular formula is C15H22N4S. The maximum absolute atomic E-state index is 8.69. The summed E-state index contributed by atoms with van der Waals surface area (Å²) in [6, 6.07) is 10.6. The minimum atomic E-state index is 0.244. The molecular weight excluding hydrogens is 268 g/mol. The van der Waals surface area contributed by atoms with Gasteiger partial charge in [-0.25, -0.2) is 0 Å². The molecule has 0 saturated carbocycles. The highest BCUT2D eigenvalue weighted by molar-refractivity contribution is 8.13. The number of hydrogen-bond acceptors (Lipinski definition) is 4. The molecule has 20 heavy (non-hydrogen) atoms. The molecule has 0 radical (unpaired) electrons. The normalized spacial score (nSPS) is 13.1. The molecule has 0 aliphatic heterocycles. The van der Waals surface area contributed by atoms with Gasteiger partial charge in [0, 0.05) is 0 Å². The van der Waals surface area contributed by atoms with Crippen LogP contribution in [0.3, 0.4) is 0 Å². The van der Waals surface area contributed by atoms with Crippen molar-refractivity contribution in [3.8, 4) is 6.19 Å². The predicted octanol–water partition coefficient (Wildman–Crippen LogP) is 2.86. The molecule has 0 spiro atoms. The quantitative estimate of drug-likeness (QED) is 0.379. The lowest BCUT2D eigenvalue weighted by Crippen LogP contribution is -2.31. The summed E-state index contributed by atoms with van der Waals surface area (Å²) in [6.45, 7) is 6.92. The highest BCUT2D eigenvalue weighted by Gasteiger charge is 2.17. The van der Waals surface area contributed by atoms with E-state index in [1.54, 1.807) is 0 Å². The first-order valence-electron chi connectivity index (χ1n) is 6.79. The lowest BCUT2D eigenvalue weighted by atomic mass is 10.1. The fourth-order valence-corrected chi connectivity index (χ4v) is 2.49. The number of rotatable bonds is 6. The van der Waals surface area contributed by atoms with Gasteiger partial charge in [-0.15, -0.1) is 0 Å². The van der Waals surface area contributed by atoms with Crippen molar-refractivity contribution in [3.05, 3.63) is 35.9 Å². The molecule has 1 aromatic rings. The second kappa shape index (κ2) is 9.40. The van der Waals surface area contributed by atoms with E-state index in [0.717, 1.165) is 13.1 Å². The van der Waals surface area contributed by atoms with Crippen LogP contribution in [0.5, 0.6) is 0 Å². The molecule has 1 atom stereocenters. The molecule has 108 valence electrons. The Morgan fingerprint density at radius 2 is 2.00 bits per heavy atom. The van der Waals surface area contributed by atoms with Crippen LogP contribution >= 0.6 is 11.8 Å². The number of nitriles is 1. The first-order chi connectivity index (χ1) is 9.76.